The minimum absolute atomic E-state index is 0.0134. The molecule has 0 amide bonds. The van der Waals surface area contributed by atoms with Gasteiger partial charge in [0.15, 0.2) is 17.5 Å². The van der Waals surface area contributed by atoms with E-state index in [-0.39, 0.29) is 5.92 Å². The summed E-state index contributed by atoms with van der Waals surface area (Å²) in [4.78, 5) is 0. The Balaban J connectivity index is 1.65. The standard InChI is InChI=1S/C19H25F3O/c1-2-9-23-15-6-5-12-10-14(4-3-13(12)11-15)16-7-8-17(20)19(22)18(16)21/h7-8,12-15H,2-6,9-11H2,1H3. The molecular formula is C19H25F3O. The fourth-order valence-electron chi connectivity index (χ4n) is 4.42. The van der Waals surface area contributed by atoms with E-state index in [1.54, 1.807) is 0 Å². The minimum atomic E-state index is -1.33. The van der Waals surface area contributed by atoms with Crippen LogP contribution in [0.4, 0.5) is 13.2 Å². The van der Waals surface area contributed by atoms with Crippen LogP contribution in [0.5, 0.6) is 0 Å². The summed E-state index contributed by atoms with van der Waals surface area (Å²) in [6.45, 7) is 2.94. The van der Waals surface area contributed by atoms with Gasteiger partial charge in [-0.1, -0.05) is 13.0 Å². The van der Waals surface area contributed by atoms with Gasteiger partial charge in [0.05, 0.1) is 6.10 Å². The molecule has 0 aliphatic heterocycles. The van der Waals surface area contributed by atoms with Crippen molar-refractivity contribution < 1.29 is 17.9 Å². The van der Waals surface area contributed by atoms with Crippen molar-refractivity contribution in [3.05, 3.63) is 35.1 Å². The van der Waals surface area contributed by atoms with Crippen molar-refractivity contribution in [1.82, 2.24) is 0 Å². The summed E-state index contributed by atoms with van der Waals surface area (Å²) in [5.74, 6) is -2.22. The molecule has 1 nitrogen and oxygen atoms in total. The van der Waals surface area contributed by atoms with Crippen molar-refractivity contribution in [3.63, 3.8) is 0 Å². The van der Waals surface area contributed by atoms with Crippen molar-refractivity contribution in [3.8, 4) is 0 Å². The molecular weight excluding hydrogens is 301 g/mol. The van der Waals surface area contributed by atoms with Gasteiger partial charge in [-0.25, -0.2) is 13.2 Å². The van der Waals surface area contributed by atoms with Crippen LogP contribution in [-0.2, 0) is 4.74 Å². The first kappa shape index (κ1) is 16.8. The van der Waals surface area contributed by atoms with Crippen molar-refractivity contribution >= 4 is 0 Å². The Morgan fingerprint density at radius 2 is 1.70 bits per heavy atom. The number of hydrogen-bond acceptors (Lipinski definition) is 1. The second kappa shape index (κ2) is 7.25. The third-order valence-corrected chi connectivity index (χ3v) is 5.63. The largest absolute Gasteiger partial charge is 0.378 e. The Morgan fingerprint density at radius 1 is 0.957 bits per heavy atom. The Morgan fingerprint density at radius 3 is 2.48 bits per heavy atom. The summed E-state index contributed by atoms with van der Waals surface area (Å²) in [5.41, 5.74) is 0.353. The molecule has 4 atom stereocenters. The normalized spacial score (nSPS) is 31.0. The maximum absolute atomic E-state index is 14.0. The van der Waals surface area contributed by atoms with Gasteiger partial charge in [-0.3, -0.25) is 0 Å². The third kappa shape index (κ3) is 3.57. The summed E-state index contributed by atoms with van der Waals surface area (Å²) in [5, 5.41) is 0. The van der Waals surface area contributed by atoms with E-state index >= 15 is 0 Å². The highest BCUT2D eigenvalue weighted by Crippen LogP contribution is 2.47. The SMILES string of the molecule is CCCOC1CCC2CC(c3ccc(F)c(F)c3F)CCC2C1. The minimum Gasteiger partial charge on any atom is -0.378 e. The van der Waals surface area contributed by atoms with Crippen molar-refractivity contribution in [2.24, 2.45) is 11.8 Å². The number of hydrogen-bond donors (Lipinski definition) is 0. The van der Waals surface area contributed by atoms with Gasteiger partial charge in [-0.2, -0.15) is 0 Å². The van der Waals surface area contributed by atoms with Crippen LogP contribution < -0.4 is 0 Å². The molecule has 0 bridgehead atoms. The predicted octanol–water partition coefficient (Wildman–Crippen LogP) is 5.58. The van der Waals surface area contributed by atoms with E-state index in [0.29, 0.717) is 23.5 Å². The molecule has 1 aromatic carbocycles. The van der Waals surface area contributed by atoms with E-state index in [9.17, 15) is 13.2 Å². The van der Waals surface area contributed by atoms with Crippen LogP contribution in [-0.4, -0.2) is 12.7 Å². The van der Waals surface area contributed by atoms with Gasteiger partial charge in [0.25, 0.3) is 0 Å². The lowest BCUT2D eigenvalue weighted by Gasteiger charge is -2.42. The zero-order valence-corrected chi connectivity index (χ0v) is 13.7. The number of rotatable bonds is 4. The smallest absolute Gasteiger partial charge is 0.194 e. The van der Waals surface area contributed by atoms with Gasteiger partial charge >= 0.3 is 0 Å². The van der Waals surface area contributed by atoms with Gasteiger partial charge in [0.1, 0.15) is 0 Å². The average Bonchev–Trinajstić information content (AvgIpc) is 2.57. The highest BCUT2D eigenvalue weighted by molar-refractivity contribution is 5.25. The van der Waals surface area contributed by atoms with E-state index in [2.05, 4.69) is 6.92 Å². The molecule has 2 aliphatic carbocycles. The van der Waals surface area contributed by atoms with Crippen LogP contribution in [0.3, 0.4) is 0 Å². The van der Waals surface area contributed by atoms with Gasteiger partial charge < -0.3 is 4.74 Å². The summed E-state index contributed by atoms with van der Waals surface area (Å²) < 4.78 is 46.5. The maximum Gasteiger partial charge on any atom is 0.194 e. The first-order valence-corrected chi connectivity index (χ1v) is 8.85. The molecule has 0 spiro atoms. The van der Waals surface area contributed by atoms with Gasteiger partial charge in [0.2, 0.25) is 0 Å². The molecule has 2 fully saturated rings. The topological polar surface area (TPSA) is 9.23 Å². The van der Waals surface area contributed by atoms with Crippen LogP contribution in [0.15, 0.2) is 12.1 Å². The Bertz CT molecular complexity index is 546. The van der Waals surface area contributed by atoms with Crippen LogP contribution in [0.2, 0.25) is 0 Å². The fourth-order valence-corrected chi connectivity index (χ4v) is 4.42. The quantitative estimate of drug-likeness (QED) is 0.656. The molecule has 2 saturated carbocycles. The van der Waals surface area contributed by atoms with Gasteiger partial charge in [-0.05, 0) is 74.3 Å². The highest BCUT2D eigenvalue weighted by Gasteiger charge is 2.37. The second-order valence-electron chi connectivity index (χ2n) is 7.10. The van der Waals surface area contributed by atoms with Gasteiger partial charge in [0, 0.05) is 6.61 Å². The molecule has 0 radical (unpaired) electrons. The fraction of sp³-hybridized carbons (Fsp3) is 0.684. The second-order valence-corrected chi connectivity index (χ2v) is 7.10. The predicted molar refractivity (Wildman–Crippen MR) is 83.8 cm³/mol. The van der Waals surface area contributed by atoms with E-state index in [0.717, 1.165) is 57.6 Å². The van der Waals surface area contributed by atoms with E-state index in [4.69, 9.17) is 4.74 Å². The Labute approximate surface area is 136 Å². The lowest BCUT2D eigenvalue weighted by molar-refractivity contribution is -0.0149. The molecule has 128 valence electrons. The lowest BCUT2D eigenvalue weighted by Crippen LogP contribution is -2.34. The van der Waals surface area contributed by atoms with Gasteiger partial charge in [-0.15, -0.1) is 0 Å². The lowest BCUT2D eigenvalue weighted by atomic mass is 9.65. The number of ether oxygens (including phenoxy) is 1. The maximum atomic E-state index is 14.0. The zero-order valence-electron chi connectivity index (χ0n) is 13.7. The molecule has 2 aliphatic rings. The summed E-state index contributed by atoms with van der Waals surface area (Å²) in [6, 6.07) is 2.48. The monoisotopic (exact) mass is 326 g/mol. The third-order valence-electron chi connectivity index (χ3n) is 5.63. The molecule has 0 aromatic heterocycles. The highest BCUT2D eigenvalue weighted by atomic mass is 19.2. The number of fused-ring (bicyclic) bond motifs is 1. The molecule has 4 heteroatoms. The van der Waals surface area contributed by atoms with E-state index in [1.165, 1.54) is 6.07 Å². The molecule has 0 heterocycles. The Kier molecular flexibility index (Phi) is 5.30. The summed E-state index contributed by atoms with van der Waals surface area (Å²) in [6.07, 6.45) is 7.43. The first-order chi connectivity index (χ1) is 11.1. The number of halogens is 3. The van der Waals surface area contributed by atoms with E-state index in [1.807, 2.05) is 0 Å². The van der Waals surface area contributed by atoms with Crippen molar-refractivity contribution in [2.45, 2.75) is 63.9 Å². The Hall–Kier alpha value is -1.03. The van der Waals surface area contributed by atoms with E-state index < -0.39 is 17.5 Å². The zero-order chi connectivity index (χ0) is 16.4. The molecule has 0 N–H and O–H groups in total. The average molecular weight is 326 g/mol. The molecule has 0 saturated heterocycles. The molecule has 1 aromatic rings. The number of benzene rings is 1. The van der Waals surface area contributed by atoms with Crippen LogP contribution >= 0.6 is 0 Å². The van der Waals surface area contributed by atoms with Crippen molar-refractivity contribution in [2.75, 3.05) is 6.61 Å². The molecule has 23 heavy (non-hydrogen) atoms. The summed E-state index contributed by atoms with van der Waals surface area (Å²) >= 11 is 0. The molecule has 4 unspecified atom stereocenters. The van der Waals surface area contributed by atoms with Crippen LogP contribution in [0.1, 0.15) is 63.4 Å². The van der Waals surface area contributed by atoms with Crippen molar-refractivity contribution in [1.29, 1.82) is 0 Å². The first-order valence-electron chi connectivity index (χ1n) is 8.85. The molecule has 3 rings (SSSR count). The van der Waals surface area contributed by atoms with Crippen LogP contribution in [0.25, 0.3) is 0 Å². The van der Waals surface area contributed by atoms with Crippen LogP contribution in [0, 0.1) is 29.3 Å². The summed E-state index contributed by atoms with van der Waals surface area (Å²) in [7, 11) is 0.